The molecule has 0 bridgehead atoms. The molecule has 0 spiro atoms. The lowest BCUT2D eigenvalue weighted by Crippen LogP contribution is -2.04. The summed E-state index contributed by atoms with van der Waals surface area (Å²) in [6, 6.07) is 3.67. The summed E-state index contributed by atoms with van der Waals surface area (Å²) in [5, 5.41) is 9.22. The van der Waals surface area contributed by atoms with Crippen LogP contribution in [0.1, 0.15) is 11.3 Å². The number of nitrogens with zero attached hydrogens (tertiary/aromatic N) is 2. The summed E-state index contributed by atoms with van der Waals surface area (Å²) in [7, 11) is 0. The van der Waals surface area contributed by atoms with Gasteiger partial charge in [-0.3, -0.25) is 4.79 Å². The smallest absolute Gasteiger partial charge is 0.313 e. The summed E-state index contributed by atoms with van der Waals surface area (Å²) in [6.45, 7) is 2.09. The van der Waals surface area contributed by atoms with Gasteiger partial charge in [0, 0.05) is 12.7 Å². The summed E-state index contributed by atoms with van der Waals surface area (Å²) < 4.78 is 27.7. The highest BCUT2D eigenvalue weighted by Crippen LogP contribution is 2.19. The Balaban J connectivity index is 2.19. The lowest BCUT2D eigenvalue weighted by molar-refractivity contribution is -0.133. The number of aromatic nitrogens is 2. The van der Waals surface area contributed by atoms with Crippen LogP contribution in [-0.2, 0) is 11.3 Å². The van der Waals surface area contributed by atoms with Crippen molar-refractivity contribution >= 4 is 17.7 Å². The molecule has 1 aromatic carbocycles. The van der Waals surface area contributed by atoms with Crippen LogP contribution in [0.4, 0.5) is 8.78 Å². The minimum absolute atomic E-state index is 0.103. The molecular weight excluding hydrogens is 286 g/mol. The Kier molecular flexibility index (Phi) is 4.39. The van der Waals surface area contributed by atoms with Gasteiger partial charge in [0.1, 0.15) is 0 Å². The summed E-state index contributed by atoms with van der Waals surface area (Å²) in [5.41, 5.74) is 1.32. The number of rotatable bonds is 5. The number of carbonyl (C=O) groups is 1. The fourth-order valence-corrected chi connectivity index (χ4v) is 2.46. The van der Waals surface area contributed by atoms with Crippen LogP contribution < -0.4 is 0 Å². The zero-order valence-corrected chi connectivity index (χ0v) is 11.5. The van der Waals surface area contributed by atoms with E-state index in [1.54, 1.807) is 17.7 Å². The summed E-state index contributed by atoms with van der Waals surface area (Å²) in [4.78, 5) is 14.8. The van der Waals surface area contributed by atoms with Gasteiger partial charge in [-0.05, 0) is 24.6 Å². The van der Waals surface area contributed by atoms with Crippen molar-refractivity contribution in [1.29, 1.82) is 0 Å². The van der Waals surface area contributed by atoms with E-state index in [0.717, 1.165) is 29.6 Å². The minimum Gasteiger partial charge on any atom is -0.481 e. The molecule has 0 saturated heterocycles. The number of aryl methyl sites for hydroxylation is 1. The molecule has 1 N–H and O–H groups in total. The van der Waals surface area contributed by atoms with E-state index in [2.05, 4.69) is 4.98 Å². The fourth-order valence-electron chi connectivity index (χ4n) is 1.71. The van der Waals surface area contributed by atoms with Crippen LogP contribution in [0.15, 0.2) is 29.6 Å². The van der Waals surface area contributed by atoms with Crippen molar-refractivity contribution in [1.82, 2.24) is 9.55 Å². The number of thioether (sulfide) groups is 1. The van der Waals surface area contributed by atoms with Gasteiger partial charge >= 0.3 is 5.97 Å². The summed E-state index contributed by atoms with van der Waals surface area (Å²) >= 11 is 1.09. The van der Waals surface area contributed by atoms with E-state index in [4.69, 9.17) is 5.11 Å². The summed E-state index contributed by atoms with van der Waals surface area (Å²) in [5.74, 6) is -2.83. The van der Waals surface area contributed by atoms with Gasteiger partial charge in [0.15, 0.2) is 16.8 Å². The highest BCUT2D eigenvalue weighted by Gasteiger charge is 2.10. The number of halogens is 2. The van der Waals surface area contributed by atoms with Crippen molar-refractivity contribution in [2.75, 3.05) is 5.75 Å². The van der Waals surface area contributed by atoms with Crippen LogP contribution in [-0.4, -0.2) is 26.4 Å². The Morgan fingerprint density at radius 1 is 1.40 bits per heavy atom. The second kappa shape index (κ2) is 6.04. The van der Waals surface area contributed by atoms with Crippen molar-refractivity contribution in [2.24, 2.45) is 0 Å². The van der Waals surface area contributed by atoms with Crippen LogP contribution >= 0.6 is 11.8 Å². The lowest BCUT2D eigenvalue weighted by atomic mass is 10.2. The second-order valence-electron chi connectivity index (χ2n) is 4.22. The molecule has 0 saturated carbocycles. The molecule has 0 atom stereocenters. The van der Waals surface area contributed by atoms with Gasteiger partial charge in [0.05, 0.1) is 11.4 Å². The van der Waals surface area contributed by atoms with E-state index in [1.165, 1.54) is 6.07 Å². The quantitative estimate of drug-likeness (QED) is 0.862. The number of imidazole rings is 1. The maximum absolute atomic E-state index is 13.2. The van der Waals surface area contributed by atoms with Crippen LogP contribution in [0, 0.1) is 18.6 Å². The van der Waals surface area contributed by atoms with Gasteiger partial charge in [0.25, 0.3) is 0 Å². The van der Waals surface area contributed by atoms with E-state index in [-0.39, 0.29) is 5.75 Å². The first kappa shape index (κ1) is 14.5. The molecule has 0 amide bonds. The Bertz CT molecular complexity index is 643. The van der Waals surface area contributed by atoms with E-state index in [1.807, 2.05) is 0 Å². The zero-order valence-electron chi connectivity index (χ0n) is 10.6. The molecule has 0 aliphatic carbocycles. The molecular formula is C13H12F2N2O2S. The first-order chi connectivity index (χ1) is 9.45. The normalized spacial score (nSPS) is 10.8. The predicted octanol–water partition coefficient (Wildman–Crippen LogP) is 2.69. The topological polar surface area (TPSA) is 55.1 Å². The first-order valence-electron chi connectivity index (χ1n) is 5.78. The number of carboxylic acid groups (broad SMARTS) is 1. The molecule has 106 valence electrons. The Labute approximate surface area is 118 Å². The Morgan fingerprint density at radius 3 is 2.80 bits per heavy atom. The van der Waals surface area contributed by atoms with Gasteiger partial charge in [0.2, 0.25) is 0 Å². The largest absolute Gasteiger partial charge is 0.481 e. The van der Waals surface area contributed by atoms with Gasteiger partial charge in [-0.1, -0.05) is 17.8 Å². The molecule has 0 fully saturated rings. The van der Waals surface area contributed by atoms with Crippen molar-refractivity contribution in [3.63, 3.8) is 0 Å². The molecule has 1 aromatic heterocycles. The number of hydrogen-bond acceptors (Lipinski definition) is 3. The minimum atomic E-state index is -0.935. The second-order valence-corrected chi connectivity index (χ2v) is 5.17. The SMILES string of the molecule is Cc1cn(Cc2ccc(F)c(F)c2)c(SCC(=O)O)n1. The molecule has 0 aliphatic heterocycles. The van der Waals surface area contributed by atoms with Gasteiger partial charge in [-0.25, -0.2) is 13.8 Å². The third-order valence-electron chi connectivity index (χ3n) is 2.52. The first-order valence-corrected chi connectivity index (χ1v) is 6.76. The molecule has 7 heteroatoms. The molecule has 20 heavy (non-hydrogen) atoms. The van der Waals surface area contributed by atoms with E-state index in [0.29, 0.717) is 17.3 Å². The maximum atomic E-state index is 13.2. The van der Waals surface area contributed by atoms with E-state index in [9.17, 15) is 13.6 Å². The van der Waals surface area contributed by atoms with Crippen molar-refractivity contribution in [3.05, 3.63) is 47.3 Å². The molecule has 0 unspecified atom stereocenters. The third kappa shape index (κ3) is 3.57. The fraction of sp³-hybridized carbons (Fsp3) is 0.231. The average Bonchev–Trinajstić information content (AvgIpc) is 2.71. The number of hydrogen-bond donors (Lipinski definition) is 1. The molecule has 0 aliphatic rings. The number of benzene rings is 1. The summed E-state index contributed by atoms with van der Waals surface area (Å²) in [6.07, 6.45) is 1.74. The highest BCUT2D eigenvalue weighted by atomic mass is 32.2. The average molecular weight is 298 g/mol. The molecule has 2 aromatic rings. The van der Waals surface area contributed by atoms with E-state index < -0.39 is 17.6 Å². The van der Waals surface area contributed by atoms with Gasteiger partial charge < -0.3 is 9.67 Å². The van der Waals surface area contributed by atoms with Gasteiger partial charge in [-0.2, -0.15) is 0 Å². The predicted molar refractivity (Wildman–Crippen MR) is 70.8 cm³/mol. The van der Waals surface area contributed by atoms with Crippen LogP contribution in [0.2, 0.25) is 0 Å². The molecule has 0 radical (unpaired) electrons. The van der Waals surface area contributed by atoms with Crippen LogP contribution in [0.3, 0.4) is 0 Å². The van der Waals surface area contributed by atoms with Gasteiger partial charge in [-0.15, -0.1) is 0 Å². The van der Waals surface area contributed by atoms with Crippen LogP contribution in [0.25, 0.3) is 0 Å². The standard InChI is InChI=1S/C13H12F2N2O2S/c1-8-5-17(13(16-8)20-7-12(18)19)6-9-2-3-10(14)11(15)4-9/h2-5H,6-7H2,1H3,(H,18,19). The van der Waals surface area contributed by atoms with Crippen molar-refractivity contribution in [2.45, 2.75) is 18.6 Å². The monoisotopic (exact) mass is 298 g/mol. The maximum Gasteiger partial charge on any atom is 0.313 e. The Morgan fingerprint density at radius 2 is 2.15 bits per heavy atom. The lowest BCUT2D eigenvalue weighted by Gasteiger charge is -2.07. The highest BCUT2D eigenvalue weighted by molar-refractivity contribution is 7.99. The number of carboxylic acids is 1. The van der Waals surface area contributed by atoms with E-state index >= 15 is 0 Å². The molecule has 4 nitrogen and oxygen atoms in total. The third-order valence-corrected chi connectivity index (χ3v) is 3.50. The van der Waals surface area contributed by atoms with Crippen molar-refractivity contribution in [3.8, 4) is 0 Å². The van der Waals surface area contributed by atoms with Crippen molar-refractivity contribution < 1.29 is 18.7 Å². The molecule has 2 rings (SSSR count). The van der Waals surface area contributed by atoms with Crippen LogP contribution in [0.5, 0.6) is 0 Å². The zero-order chi connectivity index (χ0) is 14.7. The Hall–Kier alpha value is -1.89. The molecule has 1 heterocycles. The number of aliphatic carboxylic acids is 1.